The quantitative estimate of drug-likeness (QED) is 0.848. The van der Waals surface area contributed by atoms with Gasteiger partial charge in [-0.3, -0.25) is 0 Å². The van der Waals surface area contributed by atoms with E-state index in [1.807, 2.05) is 0 Å². The minimum absolute atomic E-state index is 0.00748. The van der Waals surface area contributed by atoms with Gasteiger partial charge >= 0.3 is 0 Å². The van der Waals surface area contributed by atoms with Gasteiger partial charge in [-0.15, -0.1) is 0 Å². The van der Waals surface area contributed by atoms with Crippen LogP contribution in [0.15, 0.2) is 12.1 Å². The minimum atomic E-state index is -0.00748. The molecule has 16 heavy (non-hydrogen) atoms. The van der Waals surface area contributed by atoms with Gasteiger partial charge in [-0.05, 0) is 57.4 Å². The number of rotatable bonds is 3. The summed E-state index contributed by atoms with van der Waals surface area (Å²) in [6, 6.07) is 4.50. The molecule has 2 nitrogen and oxygen atoms in total. The number of aryl methyl sites for hydroxylation is 3. The molecule has 0 aliphatic rings. The normalized spacial score (nSPS) is 11.7. The van der Waals surface area contributed by atoms with Gasteiger partial charge in [0.2, 0.25) is 0 Å². The summed E-state index contributed by atoms with van der Waals surface area (Å²) in [4.78, 5) is 2.27. The first-order valence-corrected chi connectivity index (χ1v) is 5.81. The van der Waals surface area contributed by atoms with Crippen LogP contribution in [0, 0.1) is 20.8 Å². The lowest BCUT2D eigenvalue weighted by atomic mass is 9.99. The van der Waals surface area contributed by atoms with Crippen molar-refractivity contribution in [3.05, 3.63) is 28.8 Å². The van der Waals surface area contributed by atoms with E-state index in [4.69, 9.17) is 5.73 Å². The highest BCUT2D eigenvalue weighted by molar-refractivity contribution is 5.57. The lowest BCUT2D eigenvalue weighted by molar-refractivity contribution is 0.498. The molecule has 0 saturated heterocycles. The maximum Gasteiger partial charge on any atom is 0.0464 e. The Hall–Kier alpha value is -1.02. The van der Waals surface area contributed by atoms with Gasteiger partial charge < -0.3 is 10.6 Å². The van der Waals surface area contributed by atoms with Crippen molar-refractivity contribution in [2.45, 2.75) is 40.2 Å². The average molecular weight is 220 g/mol. The first-order valence-electron chi connectivity index (χ1n) is 5.81. The first kappa shape index (κ1) is 13.0. The highest BCUT2D eigenvalue weighted by Crippen LogP contribution is 2.27. The largest absolute Gasteiger partial charge is 0.368 e. The zero-order valence-corrected chi connectivity index (χ0v) is 11.4. The summed E-state index contributed by atoms with van der Waals surface area (Å²) in [5.41, 5.74) is 11.1. The van der Waals surface area contributed by atoms with E-state index in [2.05, 4.69) is 58.7 Å². The van der Waals surface area contributed by atoms with Gasteiger partial charge in [-0.25, -0.2) is 0 Å². The van der Waals surface area contributed by atoms with E-state index in [1.54, 1.807) is 0 Å². The molecule has 1 aromatic carbocycles. The van der Waals surface area contributed by atoms with Gasteiger partial charge in [0.05, 0.1) is 0 Å². The van der Waals surface area contributed by atoms with E-state index in [9.17, 15) is 0 Å². The van der Waals surface area contributed by atoms with Crippen molar-refractivity contribution in [3.8, 4) is 0 Å². The van der Waals surface area contributed by atoms with E-state index >= 15 is 0 Å². The van der Waals surface area contributed by atoms with Gasteiger partial charge in [0, 0.05) is 24.8 Å². The van der Waals surface area contributed by atoms with Crippen LogP contribution in [0.25, 0.3) is 0 Å². The van der Waals surface area contributed by atoms with Crippen molar-refractivity contribution < 1.29 is 0 Å². The van der Waals surface area contributed by atoms with Gasteiger partial charge in [-0.2, -0.15) is 0 Å². The number of nitrogens with two attached hydrogens (primary N) is 1. The number of nitrogens with zero attached hydrogens (tertiary/aromatic N) is 1. The third kappa shape index (κ3) is 2.38. The summed E-state index contributed by atoms with van der Waals surface area (Å²) in [5.74, 6) is 0. The van der Waals surface area contributed by atoms with Crippen LogP contribution >= 0.6 is 0 Å². The SMILES string of the molecule is Cc1cc(C)c(N(C)C(C)(C)CN)cc1C. The van der Waals surface area contributed by atoms with Gasteiger partial charge in [0.25, 0.3) is 0 Å². The Balaban J connectivity index is 3.19. The molecule has 0 aliphatic carbocycles. The van der Waals surface area contributed by atoms with Crippen LogP contribution in [0.3, 0.4) is 0 Å². The van der Waals surface area contributed by atoms with Crippen LogP contribution in [0.4, 0.5) is 5.69 Å². The highest BCUT2D eigenvalue weighted by atomic mass is 15.2. The average Bonchev–Trinajstić information content (AvgIpc) is 2.22. The van der Waals surface area contributed by atoms with Crippen molar-refractivity contribution in [2.24, 2.45) is 5.73 Å². The lowest BCUT2D eigenvalue weighted by Gasteiger charge is -2.37. The molecule has 2 N–H and O–H groups in total. The Kier molecular flexibility index (Phi) is 3.64. The molecule has 2 heteroatoms. The summed E-state index contributed by atoms with van der Waals surface area (Å²) >= 11 is 0. The summed E-state index contributed by atoms with van der Waals surface area (Å²) in [6.07, 6.45) is 0. The zero-order valence-electron chi connectivity index (χ0n) is 11.4. The molecule has 0 unspecified atom stereocenters. The highest BCUT2D eigenvalue weighted by Gasteiger charge is 2.23. The Bertz CT molecular complexity index is 381. The second kappa shape index (κ2) is 4.46. The number of benzene rings is 1. The number of hydrogen-bond donors (Lipinski definition) is 1. The third-order valence-electron chi connectivity index (χ3n) is 3.58. The fourth-order valence-corrected chi connectivity index (χ4v) is 1.77. The Labute approximate surface area is 99.5 Å². The standard InChI is InChI=1S/C14H24N2/c1-10-7-12(3)13(8-11(10)2)16(6)14(4,5)9-15/h7-8H,9,15H2,1-6H3. The van der Waals surface area contributed by atoms with Gasteiger partial charge in [0.15, 0.2) is 0 Å². The van der Waals surface area contributed by atoms with E-state index < -0.39 is 0 Å². The molecular weight excluding hydrogens is 196 g/mol. The van der Waals surface area contributed by atoms with Crippen molar-refractivity contribution in [2.75, 3.05) is 18.5 Å². The third-order valence-corrected chi connectivity index (χ3v) is 3.58. The molecular formula is C14H24N2. The van der Waals surface area contributed by atoms with Crippen LogP contribution in [0.2, 0.25) is 0 Å². The maximum absolute atomic E-state index is 5.82. The molecule has 0 atom stereocenters. The topological polar surface area (TPSA) is 29.3 Å². The molecule has 0 spiro atoms. The van der Waals surface area contributed by atoms with Crippen molar-refractivity contribution in [3.63, 3.8) is 0 Å². The number of anilines is 1. The van der Waals surface area contributed by atoms with Crippen LogP contribution in [0.1, 0.15) is 30.5 Å². The molecule has 0 heterocycles. The lowest BCUT2D eigenvalue weighted by Crippen LogP contribution is -2.47. The summed E-state index contributed by atoms with van der Waals surface area (Å²) < 4.78 is 0. The maximum atomic E-state index is 5.82. The predicted octanol–water partition coefficient (Wildman–Crippen LogP) is 2.79. The van der Waals surface area contributed by atoms with E-state index in [0.717, 1.165) is 0 Å². The van der Waals surface area contributed by atoms with Crippen LogP contribution in [0.5, 0.6) is 0 Å². The van der Waals surface area contributed by atoms with Gasteiger partial charge in [-0.1, -0.05) is 6.07 Å². The summed E-state index contributed by atoms with van der Waals surface area (Å²) in [5, 5.41) is 0. The van der Waals surface area contributed by atoms with E-state index in [0.29, 0.717) is 6.54 Å². The smallest absolute Gasteiger partial charge is 0.0464 e. The minimum Gasteiger partial charge on any atom is -0.368 e. The Morgan fingerprint density at radius 1 is 1.06 bits per heavy atom. The second-order valence-electron chi connectivity index (χ2n) is 5.30. The molecule has 1 rings (SSSR count). The van der Waals surface area contributed by atoms with Gasteiger partial charge in [0.1, 0.15) is 0 Å². The number of likely N-dealkylation sites (N-methyl/N-ethyl adjacent to an activating group) is 1. The molecule has 0 radical (unpaired) electrons. The van der Waals surface area contributed by atoms with Crippen molar-refractivity contribution in [1.82, 2.24) is 0 Å². The van der Waals surface area contributed by atoms with E-state index in [1.165, 1.54) is 22.4 Å². The van der Waals surface area contributed by atoms with Crippen LogP contribution in [-0.4, -0.2) is 19.1 Å². The molecule has 0 bridgehead atoms. The molecule has 90 valence electrons. The molecule has 0 amide bonds. The second-order valence-corrected chi connectivity index (χ2v) is 5.30. The number of hydrogen-bond acceptors (Lipinski definition) is 2. The molecule has 1 aromatic rings. The fraction of sp³-hybridized carbons (Fsp3) is 0.571. The fourth-order valence-electron chi connectivity index (χ4n) is 1.77. The summed E-state index contributed by atoms with van der Waals surface area (Å²) in [6.45, 7) is 11.5. The van der Waals surface area contributed by atoms with Crippen molar-refractivity contribution in [1.29, 1.82) is 0 Å². The zero-order chi connectivity index (χ0) is 12.5. The predicted molar refractivity (Wildman–Crippen MR) is 72.2 cm³/mol. The Morgan fingerprint density at radius 2 is 1.56 bits per heavy atom. The van der Waals surface area contributed by atoms with Crippen LogP contribution in [-0.2, 0) is 0 Å². The van der Waals surface area contributed by atoms with Crippen LogP contribution < -0.4 is 10.6 Å². The van der Waals surface area contributed by atoms with Crippen molar-refractivity contribution >= 4 is 5.69 Å². The first-order chi connectivity index (χ1) is 7.29. The molecule has 0 fully saturated rings. The molecule has 0 aromatic heterocycles. The molecule has 0 aliphatic heterocycles. The Morgan fingerprint density at radius 3 is 2.06 bits per heavy atom. The van der Waals surface area contributed by atoms with E-state index in [-0.39, 0.29) is 5.54 Å². The molecule has 0 saturated carbocycles. The summed E-state index contributed by atoms with van der Waals surface area (Å²) in [7, 11) is 2.12. The monoisotopic (exact) mass is 220 g/mol.